The van der Waals surface area contributed by atoms with Gasteiger partial charge in [0.2, 0.25) is 0 Å². The van der Waals surface area contributed by atoms with Crippen molar-refractivity contribution in [1.29, 1.82) is 0 Å². The maximum Gasteiger partial charge on any atom is 0.0186 e. The Labute approximate surface area is 87.1 Å². The summed E-state index contributed by atoms with van der Waals surface area (Å²) >= 11 is 2.12. The van der Waals surface area contributed by atoms with E-state index in [1.54, 1.807) is 0 Å². The molecule has 0 aromatic carbocycles. The largest absolute Gasteiger partial charge is 0.313 e. The Balaban J connectivity index is 2.07. The van der Waals surface area contributed by atoms with Crippen LogP contribution in [0, 0.1) is 11.8 Å². The molecule has 1 saturated carbocycles. The molecule has 1 fully saturated rings. The van der Waals surface area contributed by atoms with Gasteiger partial charge in [0.25, 0.3) is 0 Å². The summed E-state index contributed by atoms with van der Waals surface area (Å²) in [6.45, 7) is 7.94. The molecule has 0 radical (unpaired) electrons. The van der Waals surface area contributed by atoms with Gasteiger partial charge in [-0.25, -0.2) is 0 Å². The van der Waals surface area contributed by atoms with Crippen molar-refractivity contribution in [3.63, 3.8) is 0 Å². The van der Waals surface area contributed by atoms with Crippen LogP contribution in [0.25, 0.3) is 0 Å². The Morgan fingerprint density at radius 1 is 1.31 bits per heavy atom. The van der Waals surface area contributed by atoms with Gasteiger partial charge in [-0.05, 0) is 37.0 Å². The van der Waals surface area contributed by atoms with Gasteiger partial charge in [-0.2, -0.15) is 11.8 Å². The molecule has 1 aliphatic carbocycles. The first-order valence-electron chi connectivity index (χ1n) is 5.55. The lowest BCUT2D eigenvalue weighted by atomic mass is 10.2. The van der Waals surface area contributed by atoms with E-state index in [9.17, 15) is 0 Å². The Hall–Kier alpha value is 0.310. The molecule has 78 valence electrons. The van der Waals surface area contributed by atoms with E-state index in [1.807, 2.05) is 0 Å². The van der Waals surface area contributed by atoms with E-state index in [4.69, 9.17) is 0 Å². The van der Waals surface area contributed by atoms with Crippen molar-refractivity contribution in [3.05, 3.63) is 0 Å². The van der Waals surface area contributed by atoms with E-state index >= 15 is 0 Å². The number of thioether (sulfide) groups is 1. The van der Waals surface area contributed by atoms with Gasteiger partial charge in [0.15, 0.2) is 0 Å². The second-order valence-corrected chi connectivity index (χ2v) is 5.51. The van der Waals surface area contributed by atoms with Crippen LogP contribution in [0.2, 0.25) is 0 Å². The highest BCUT2D eigenvalue weighted by molar-refractivity contribution is 7.99. The zero-order valence-corrected chi connectivity index (χ0v) is 9.99. The van der Waals surface area contributed by atoms with E-state index in [-0.39, 0.29) is 0 Å². The lowest BCUT2D eigenvalue weighted by molar-refractivity contribution is 0.519. The number of nitrogens with one attached hydrogen (secondary N) is 1. The molecule has 1 aliphatic rings. The highest BCUT2D eigenvalue weighted by Gasteiger charge is 2.30. The molecule has 1 atom stereocenters. The lowest BCUT2D eigenvalue weighted by Gasteiger charge is -2.17. The Morgan fingerprint density at radius 3 is 2.46 bits per heavy atom. The number of hydrogen-bond donors (Lipinski definition) is 1. The summed E-state index contributed by atoms with van der Waals surface area (Å²) in [5, 5.41) is 3.60. The van der Waals surface area contributed by atoms with Crippen LogP contribution in [-0.4, -0.2) is 24.1 Å². The molecule has 0 aromatic heterocycles. The minimum atomic E-state index is 0.800. The maximum atomic E-state index is 3.60. The summed E-state index contributed by atoms with van der Waals surface area (Å²) in [5.74, 6) is 4.47. The van der Waals surface area contributed by atoms with Crippen molar-refractivity contribution in [2.75, 3.05) is 18.1 Å². The summed E-state index contributed by atoms with van der Waals surface area (Å²) in [4.78, 5) is 0. The fourth-order valence-electron chi connectivity index (χ4n) is 1.55. The maximum absolute atomic E-state index is 3.60. The van der Waals surface area contributed by atoms with Crippen molar-refractivity contribution in [1.82, 2.24) is 5.32 Å². The van der Waals surface area contributed by atoms with Gasteiger partial charge < -0.3 is 5.32 Å². The predicted octanol–water partition coefficient (Wildman–Crippen LogP) is 2.76. The minimum absolute atomic E-state index is 0.800. The standard InChI is InChI=1S/C11H23NS/c1-4-12-11(10-5-6-10)8-13-7-9(2)3/h9-12H,4-8H2,1-3H3. The van der Waals surface area contributed by atoms with Gasteiger partial charge in [-0.15, -0.1) is 0 Å². The van der Waals surface area contributed by atoms with Gasteiger partial charge in [0.05, 0.1) is 0 Å². The lowest BCUT2D eigenvalue weighted by Crippen LogP contribution is -2.33. The second kappa shape index (κ2) is 5.92. The van der Waals surface area contributed by atoms with Crippen LogP contribution in [0.4, 0.5) is 0 Å². The first kappa shape index (κ1) is 11.4. The minimum Gasteiger partial charge on any atom is -0.313 e. The van der Waals surface area contributed by atoms with E-state index in [2.05, 4.69) is 37.8 Å². The van der Waals surface area contributed by atoms with Crippen LogP contribution < -0.4 is 5.32 Å². The van der Waals surface area contributed by atoms with E-state index in [0.29, 0.717) is 0 Å². The van der Waals surface area contributed by atoms with E-state index in [0.717, 1.165) is 24.4 Å². The molecule has 0 spiro atoms. The Bertz CT molecular complexity index is 132. The van der Waals surface area contributed by atoms with E-state index < -0.39 is 0 Å². The molecular formula is C11H23NS. The third-order valence-corrected chi connectivity index (χ3v) is 3.90. The summed E-state index contributed by atoms with van der Waals surface area (Å²) < 4.78 is 0. The third kappa shape index (κ3) is 4.92. The van der Waals surface area contributed by atoms with Gasteiger partial charge in [-0.3, -0.25) is 0 Å². The van der Waals surface area contributed by atoms with Gasteiger partial charge >= 0.3 is 0 Å². The molecule has 0 saturated heterocycles. The monoisotopic (exact) mass is 201 g/mol. The Morgan fingerprint density at radius 2 is 2.00 bits per heavy atom. The van der Waals surface area contributed by atoms with Crippen molar-refractivity contribution >= 4 is 11.8 Å². The zero-order valence-electron chi connectivity index (χ0n) is 9.18. The van der Waals surface area contributed by atoms with Crippen molar-refractivity contribution in [2.45, 2.75) is 39.7 Å². The molecule has 1 N–H and O–H groups in total. The second-order valence-electron chi connectivity index (χ2n) is 4.43. The molecule has 0 amide bonds. The number of hydrogen-bond acceptors (Lipinski definition) is 2. The summed E-state index contributed by atoms with van der Waals surface area (Å²) in [5.41, 5.74) is 0. The van der Waals surface area contributed by atoms with Crippen LogP contribution in [0.3, 0.4) is 0 Å². The average Bonchev–Trinajstić information content (AvgIpc) is 2.84. The fourth-order valence-corrected chi connectivity index (χ4v) is 2.80. The first-order valence-corrected chi connectivity index (χ1v) is 6.70. The normalized spacial score (nSPS) is 19.4. The van der Waals surface area contributed by atoms with Crippen molar-refractivity contribution < 1.29 is 0 Å². The first-order chi connectivity index (χ1) is 6.24. The molecule has 1 nitrogen and oxygen atoms in total. The molecular weight excluding hydrogens is 178 g/mol. The summed E-state index contributed by atoms with van der Waals surface area (Å²) in [6, 6.07) is 0.800. The van der Waals surface area contributed by atoms with Crippen LogP contribution in [0.1, 0.15) is 33.6 Å². The SMILES string of the molecule is CCNC(CSCC(C)C)C1CC1. The molecule has 0 aliphatic heterocycles. The zero-order chi connectivity index (χ0) is 9.68. The van der Waals surface area contributed by atoms with Crippen molar-refractivity contribution in [2.24, 2.45) is 11.8 Å². The summed E-state index contributed by atoms with van der Waals surface area (Å²) in [6.07, 6.45) is 2.92. The van der Waals surface area contributed by atoms with Crippen LogP contribution >= 0.6 is 11.8 Å². The molecule has 0 heterocycles. The smallest absolute Gasteiger partial charge is 0.0186 e. The average molecular weight is 201 g/mol. The van der Waals surface area contributed by atoms with Gasteiger partial charge in [0.1, 0.15) is 0 Å². The highest BCUT2D eigenvalue weighted by Crippen LogP contribution is 2.34. The third-order valence-electron chi connectivity index (χ3n) is 2.41. The number of rotatable bonds is 7. The van der Waals surface area contributed by atoms with Crippen LogP contribution in [-0.2, 0) is 0 Å². The Kier molecular flexibility index (Phi) is 5.18. The summed E-state index contributed by atoms with van der Waals surface area (Å²) in [7, 11) is 0. The van der Waals surface area contributed by atoms with Gasteiger partial charge in [-0.1, -0.05) is 20.8 Å². The quantitative estimate of drug-likeness (QED) is 0.680. The molecule has 1 unspecified atom stereocenters. The predicted molar refractivity (Wildman–Crippen MR) is 62.4 cm³/mol. The molecule has 2 heteroatoms. The highest BCUT2D eigenvalue weighted by atomic mass is 32.2. The van der Waals surface area contributed by atoms with Crippen molar-refractivity contribution in [3.8, 4) is 0 Å². The molecule has 0 bridgehead atoms. The van der Waals surface area contributed by atoms with Crippen LogP contribution in [0.15, 0.2) is 0 Å². The topological polar surface area (TPSA) is 12.0 Å². The molecule has 1 rings (SSSR count). The van der Waals surface area contributed by atoms with Crippen LogP contribution in [0.5, 0.6) is 0 Å². The fraction of sp³-hybridized carbons (Fsp3) is 1.00. The molecule has 0 aromatic rings. The van der Waals surface area contributed by atoms with Gasteiger partial charge in [0, 0.05) is 11.8 Å². The van der Waals surface area contributed by atoms with E-state index in [1.165, 1.54) is 24.3 Å². The molecule has 13 heavy (non-hydrogen) atoms.